The number of hydrogen-bond acceptors (Lipinski definition) is 2. The molecule has 0 saturated heterocycles. The standard InChI is InChI=1S/C13H16N2O2/c1-15(2)12(13(16)17)7-9-8-14-11-6-4-3-5-10(9)11/h3-6,8,12,14H,7H2,1-2H3,(H,16,17)/t12-/m1/s1. The van der Waals surface area contributed by atoms with Gasteiger partial charge in [0.1, 0.15) is 6.04 Å². The molecule has 2 N–H and O–H groups in total. The predicted molar refractivity (Wildman–Crippen MR) is 67.1 cm³/mol. The second-order valence-electron chi connectivity index (χ2n) is 4.38. The summed E-state index contributed by atoms with van der Waals surface area (Å²) >= 11 is 0. The second-order valence-corrected chi connectivity index (χ2v) is 4.38. The van der Waals surface area contributed by atoms with Crippen LogP contribution in [0.5, 0.6) is 0 Å². The molecular weight excluding hydrogens is 216 g/mol. The van der Waals surface area contributed by atoms with Crippen molar-refractivity contribution < 1.29 is 9.90 Å². The highest BCUT2D eigenvalue weighted by Crippen LogP contribution is 2.19. The molecule has 2 aromatic rings. The highest BCUT2D eigenvalue weighted by molar-refractivity contribution is 5.84. The Kier molecular flexibility index (Phi) is 3.15. The lowest BCUT2D eigenvalue weighted by Gasteiger charge is -2.19. The van der Waals surface area contributed by atoms with E-state index in [1.165, 1.54) is 0 Å². The Bertz CT molecular complexity index is 531. The summed E-state index contributed by atoms with van der Waals surface area (Å²) in [7, 11) is 3.57. The highest BCUT2D eigenvalue weighted by atomic mass is 16.4. The number of H-pyrrole nitrogens is 1. The summed E-state index contributed by atoms with van der Waals surface area (Å²) < 4.78 is 0. The molecule has 0 aliphatic rings. The normalized spacial score (nSPS) is 13.1. The van der Waals surface area contributed by atoms with Crippen molar-refractivity contribution >= 4 is 16.9 Å². The summed E-state index contributed by atoms with van der Waals surface area (Å²) in [6.45, 7) is 0. The highest BCUT2D eigenvalue weighted by Gasteiger charge is 2.21. The molecule has 0 fully saturated rings. The summed E-state index contributed by atoms with van der Waals surface area (Å²) in [5.74, 6) is -0.791. The van der Waals surface area contributed by atoms with Gasteiger partial charge in [0.05, 0.1) is 0 Å². The third-order valence-corrected chi connectivity index (χ3v) is 3.00. The molecule has 4 nitrogen and oxygen atoms in total. The zero-order valence-electron chi connectivity index (χ0n) is 9.97. The first kappa shape index (κ1) is 11.7. The summed E-state index contributed by atoms with van der Waals surface area (Å²) in [5.41, 5.74) is 2.09. The van der Waals surface area contributed by atoms with Gasteiger partial charge >= 0.3 is 5.97 Å². The molecular formula is C13H16N2O2. The molecule has 90 valence electrons. The van der Waals surface area contributed by atoms with E-state index in [1.54, 1.807) is 19.0 Å². The van der Waals surface area contributed by atoms with Gasteiger partial charge in [-0.25, -0.2) is 0 Å². The van der Waals surface area contributed by atoms with Crippen molar-refractivity contribution in [1.82, 2.24) is 9.88 Å². The van der Waals surface area contributed by atoms with E-state index in [2.05, 4.69) is 4.98 Å². The Balaban J connectivity index is 2.31. The zero-order chi connectivity index (χ0) is 12.4. The Morgan fingerprint density at radius 1 is 1.41 bits per heavy atom. The van der Waals surface area contributed by atoms with Gasteiger partial charge in [0.25, 0.3) is 0 Å². The van der Waals surface area contributed by atoms with Gasteiger partial charge in [0, 0.05) is 23.5 Å². The molecule has 0 aliphatic carbocycles. The van der Waals surface area contributed by atoms with E-state index in [0.29, 0.717) is 6.42 Å². The minimum Gasteiger partial charge on any atom is -0.480 e. The molecule has 17 heavy (non-hydrogen) atoms. The molecule has 2 rings (SSSR count). The van der Waals surface area contributed by atoms with Crippen LogP contribution in [0.4, 0.5) is 0 Å². The average molecular weight is 232 g/mol. The van der Waals surface area contributed by atoms with Crippen molar-refractivity contribution in [3.63, 3.8) is 0 Å². The van der Waals surface area contributed by atoms with Gasteiger partial charge < -0.3 is 10.1 Å². The lowest BCUT2D eigenvalue weighted by atomic mass is 10.0. The molecule has 0 unspecified atom stereocenters. The van der Waals surface area contributed by atoms with Crippen molar-refractivity contribution in [2.45, 2.75) is 12.5 Å². The van der Waals surface area contributed by atoms with E-state index in [9.17, 15) is 4.79 Å². The molecule has 1 atom stereocenters. The Hall–Kier alpha value is -1.81. The van der Waals surface area contributed by atoms with Gasteiger partial charge in [0.15, 0.2) is 0 Å². The van der Waals surface area contributed by atoms with Crippen LogP contribution in [0.2, 0.25) is 0 Å². The third kappa shape index (κ3) is 2.31. The maximum atomic E-state index is 11.2. The number of nitrogens with zero attached hydrogens (tertiary/aromatic N) is 1. The minimum atomic E-state index is -0.791. The summed E-state index contributed by atoms with van der Waals surface area (Å²) in [4.78, 5) is 16.0. The van der Waals surface area contributed by atoms with Crippen molar-refractivity contribution in [1.29, 1.82) is 0 Å². The van der Waals surface area contributed by atoms with Gasteiger partial charge in [-0.15, -0.1) is 0 Å². The predicted octanol–water partition coefficient (Wildman–Crippen LogP) is 1.73. The molecule has 0 spiro atoms. The number of benzene rings is 1. The molecule has 1 aromatic carbocycles. The van der Waals surface area contributed by atoms with Crippen LogP contribution in [0.25, 0.3) is 10.9 Å². The SMILES string of the molecule is CN(C)[C@H](Cc1c[nH]c2ccccc12)C(=O)O. The molecule has 0 amide bonds. The van der Waals surface area contributed by atoms with Crippen LogP contribution in [0, 0.1) is 0 Å². The smallest absolute Gasteiger partial charge is 0.321 e. The number of carbonyl (C=O) groups is 1. The molecule has 0 saturated carbocycles. The van der Waals surface area contributed by atoms with Crippen LogP contribution in [-0.4, -0.2) is 41.1 Å². The van der Waals surface area contributed by atoms with E-state index in [4.69, 9.17) is 5.11 Å². The summed E-state index contributed by atoms with van der Waals surface area (Å²) in [6.07, 6.45) is 2.40. The maximum Gasteiger partial charge on any atom is 0.321 e. The van der Waals surface area contributed by atoms with Crippen LogP contribution < -0.4 is 0 Å². The number of aromatic nitrogens is 1. The first-order valence-electron chi connectivity index (χ1n) is 5.54. The number of rotatable bonds is 4. The monoisotopic (exact) mass is 232 g/mol. The zero-order valence-corrected chi connectivity index (χ0v) is 9.97. The van der Waals surface area contributed by atoms with Gasteiger partial charge in [-0.1, -0.05) is 18.2 Å². The van der Waals surface area contributed by atoms with Gasteiger partial charge in [-0.3, -0.25) is 9.69 Å². The van der Waals surface area contributed by atoms with Crippen molar-refractivity contribution in [3.05, 3.63) is 36.0 Å². The number of nitrogens with one attached hydrogen (secondary N) is 1. The number of aliphatic carboxylic acids is 1. The Morgan fingerprint density at radius 2 is 2.12 bits per heavy atom. The topological polar surface area (TPSA) is 56.3 Å². The van der Waals surface area contributed by atoms with Crippen LogP contribution >= 0.6 is 0 Å². The van der Waals surface area contributed by atoms with Crippen LogP contribution in [0.15, 0.2) is 30.5 Å². The number of likely N-dealkylation sites (N-methyl/N-ethyl adjacent to an activating group) is 1. The molecule has 0 radical (unpaired) electrons. The lowest BCUT2D eigenvalue weighted by molar-refractivity contribution is -0.142. The Labute approximate surface area is 99.9 Å². The van der Waals surface area contributed by atoms with Gasteiger partial charge in [0.2, 0.25) is 0 Å². The second kappa shape index (κ2) is 4.59. The van der Waals surface area contributed by atoms with Crippen molar-refractivity contribution in [2.75, 3.05) is 14.1 Å². The molecule has 0 aliphatic heterocycles. The third-order valence-electron chi connectivity index (χ3n) is 3.00. The van der Waals surface area contributed by atoms with E-state index in [-0.39, 0.29) is 0 Å². The minimum absolute atomic E-state index is 0.491. The van der Waals surface area contributed by atoms with E-state index in [0.717, 1.165) is 16.5 Å². The number of fused-ring (bicyclic) bond motifs is 1. The number of hydrogen-bond donors (Lipinski definition) is 2. The first-order valence-corrected chi connectivity index (χ1v) is 5.54. The van der Waals surface area contributed by atoms with E-state index in [1.807, 2.05) is 30.5 Å². The molecule has 1 heterocycles. The molecule has 4 heteroatoms. The van der Waals surface area contributed by atoms with Crippen LogP contribution in [-0.2, 0) is 11.2 Å². The number of para-hydroxylation sites is 1. The largest absolute Gasteiger partial charge is 0.480 e. The number of aromatic amines is 1. The fourth-order valence-corrected chi connectivity index (χ4v) is 2.00. The maximum absolute atomic E-state index is 11.2. The first-order chi connectivity index (χ1) is 8.09. The van der Waals surface area contributed by atoms with E-state index < -0.39 is 12.0 Å². The van der Waals surface area contributed by atoms with Crippen molar-refractivity contribution in [3.8, 4) is 0 Å². The van der Waals surface area contributed by atoms with Crippen LogP contribution in [0.1, 0.15) is 5.56 Å². The number of carboxylic acid groups (broad SMARTS) is 1. The fraction of sp³-hybridized carbons (Fsp3) is 0.308. The fourth-order valence-electron chi connectivity index (χ4n) is 2.00. The lowest BCUT2D eigenvalue weighted by Crippen LogP contribution is -2.37. The molecule has 1 aromatic heterocycles. The summed E-state index contributed by atoms with van der Waals surface area (Å²) in [5, 5.41) is 10.3. The van der Waals surface area contributed by atoms with Crippen LogP contribution in [0.3, 0.4) is 0 Å². The summed E-state index contributed by atoms with van der Waals surface area (Å²) in [6, 6.07) is 7.43. The van der Waals surface area contributed by atoms with Crippen molar-refractivity contribution in [2.24, 2.45) is 0 Å². The van der Waals surface area contributed by atoms with Gasteiger partial charge in [-0.05, 0) is 25.7 Å². The molecule has 0 bridgehead atoms. The van der Waals surface area contributed by atoms with Gasteiger partial charge in [-0.2, -0.15) is 0 Å². The van der Waals surface area contributed by atoms with E-state index >= 15 is 0 Å². The average Bonchev–Trinajstić information content (AvgIpc) is 2.68. The number of carboxylic acids is 1. The quantitative estimate of drug-likeness (QED) is 0.844. The Morgan fingerprint density at radius 3 is 2.76 bits per heavy atom.